The summed E-state index contributed by atoms with van der Waals surface area (Å²) in [5.74, 6) is -0.410. The van der Waals surface area contributed by atoms with Gasteiger partial charge in [0.2, 0.25) is 11.8 Å². The largest absolute Gasteiger partial charge is 0.371 e. The maximum Gasteiger partial charge on any atom is 0.252 e. The second-order valence-corrected chi connectivity index (χ2v) is 11.3. The fourth-order valence-electron chi connectivity index (χ4n) is 5.82. The summed E-state index contributed by atoms with van der Waals surface area (Å²) in [5.41, 5.74) is 5.20. The van der Waals surface area contributed by atoms with Gasteiger partial charge in [-0.05, 0) is 74.4 Å². The summed E-state index contributed by atoms with van der Waals surface area (Å²) in [6.45, 7) is 8.50. The molecule has 0 saturated carbocycles. The molecule has 9 nitrogen and oxygen atoms in total. The van der Waals surface area contributed by atoms with Crippen LogP contribution in [0.15, 0.2) is 48.8 Å². The van der Waals surface area contributed by atoms with E-state index in [4.69, 9.17) is 0 Å². The molecule has 40 heavy (non-hydrogen) atoms. The van der Waals surface area contributed by atoms with E-state index >= 15 is 0 Å². The molecule has 206 valence electrons. The maximum absolute atomic E-state index is 13.5. The second kappa shape index (κ2) is 10.4. The van der Waals surface area contributed by atoms with E-state index in [9.17, 15) is 14.4 Å². The lowest BCUT2D eigenvalue weighted by Gasteiger charge is -2.32. The van der Waals surface area contributed by atoms with Gasteiger partial charge in [-0.25, -0.2) is 0 Å². The van der Waals surface area contributed by atoms with E-state index in [2.05, 4.69) is 62.9 Å². The van der Waals surface area contributed by atoms with E-state index in [0.29, 0.717) is 10.9 Å². The van der Waals surface area contributed by atoms with Crippen molar-refractivity contribution in [2.75, 3.05) is 18.0 Å². The third-order valence-electron chi connectivity index (χ3n) is 8.17. The number of amides is 3. The molecular weight excluding hydrogens is 504 g/mol. The second-order valence-electron chi connectivity index (χ2n) is 11.3. The smallest absolute Gasteiger partial charge is 0.252 e. The zero-order valence-electron chi connectivity index (χ0n) is 23.1. The predicted molar refractivity (Wildman–Crippen MR) is 155 cm³/mol. The first-order valence-corrected chi connectivity index (χ1v) is 14.1. The molecule has 2 aliphatic rings. The molecule has 2 aliphatic heterocycles. The summed E-state index contributed by atoms with van der Waals surface area (Å²) in [4.78, 5) is 44.6. The Hall–Kier alpha value is -4.27. The Balaban J connectivity index is 1.40. The van der Waals surface area contributed by atoms with Crippen LogP contribution in [-0.2, 0) is 9.59 Å². The number of nitrogens with zero attached hydrogens (tertiary/aromatic N) is 4. The zero-order chi connectivity index (χ0) is 28.0. The predicted octanol–water partition coefficient (Wildman–Crippen LogP) is 4.60. The van der Waals surface area contributed by atoms with E-state index in [1.54, 1.807) is 6.20 Å². The summed E-state index contributed by atoms with van der Waals surface area (Å²) >= 11 is 0. The van der Waals surface area contributed by atoms with Crippen molar-refractivity contribution < 1.29 is 14.4 Å². The molecule has 0 aliphatic carbocycles. The number of rotatable bonds is 5. The van der Waals surface area contributed by atoms with Crippen molar-refractivity contribution in [1.82, 2.24) is 25.4 Å². The number of anilines is 1. The van der Waals surface area contributed by atoms with Gasteiger partial charge in [0.15, 0.2) is 0 Å². The summed E-state index contributed by atoms with van der Waals surface area (Å²) in [7, 11) is 0. The Morgan fingerprint density at radius 2 is 1.82 bits per heavy atom. The van der Waals surface area contributed by atoms with Gasteiger partial charge in [0.1, 0.15) is 6.04 Å². The molecule has 0 bridgehead atoms. The Kier molecular flexibility index (Phi) is 6.73. The van der Waals surface area contributed by atoms with Crippen LogP contribution >= 0.6 is 0 Å². The first kappa shape index (κ1) is 26.0. The molecule has 1 atom stereocenters. The fourth-order valence-corrected chi connectivity index (χ4v) is 5.82. The molecule has 2 saturated heterocycles. The number of fused-ring (bicyclic) bond motifs is 2. The van der Waals surface area contributed by atoms with Gasteiger partial charge in [0.25, 0.3) is 5.91 Å². The highest BCUT2D eigenvalue weighted by Crippen LogP contribution is 2.34. The van der Waals surface area contributed by atoms with Gasteiger partial charge in [-0.1, -0.05) is 19.1 Å². The van der Waals surface area contributed by atoms with Crippen molar-refractivity contribution in [2.24, 2.45) is 5.92 Å². The van der Waals surface area contributed by atoms with Gasteiger partial charge >= 0.3 is 0 Å². The Morgan fingerprint density at radius 3 is 2.58 bits per heavy atom. The molecule has 9 heteroatoms. The van der Waals surface area contributed by atoms with E-state index in [-0.39, 0.29) is 30.7 Å². The molecule has 2 aromatic carbocycles. The SMILES string of the molecule is CC1CCN(c2ccnc3cc(-c4cc(C(=O)NC5CCC(=O)NC5=O)c5cnn(C(C)C)c5c4)ccc23)CC1. The molecule has 1 unspecified atom stereocenters. The standard InChI is InChI=1S/C31H34N6O3/c1-18(2)37-28-16-21(14-23(24(28)17-33-37)30(39)34-25-6-7-29(38)35-31(25)40)20-4-5-22-26(15-20)32-11-8-27(22)36-12-9-19(3)10-13-36/h4-5,8,11,14-19,25H,6-7,9-10,12-13H2,1-3H3,(H,34,39)(H,35,38,40). The third-order valence-corrected chi connectivity index (χ3v) is 8.17. The van der Waals surface area contributed by atoms with E-state index in [0.717, 1.165) is 46.6 Å². The van der Waals surface area contributed by atoms with Crippen LogP contribution in [0.4, 0.5) is 5.69 Å². The van der Waals surface area contributed by atoms with Crippen molar-refractivity contribution in [3.63, 3.8) is 0 Å². The minimum absolute atomic E-state index is 0.0897. The molecule has 6 rings (SSSR count). The average Bonchev–Trinajstić information content (AvgIpc) is 3.38. The van der Waals surface area contributed by atoms with Crippen molar-refractivity contribution >= 4 is 45.2 Å². The van der Waals surface area contributed by atoms with E-state index < -0.39 is 11.9 Å². The van der Waals surface area contributed by atoms with Crippen molar-refractivity contribution in [2.45, 2.75) is 58.5 Å². The highest BCUT2D eigenvalue weighted by molar-refractivity contribution is 6.10. The van der Waals surface area contributed by atoms with Crippen LogP contribution in [0.5, 0.6) is 0 Å². The molecule has 2 aromatic heterocycles. The highest BCUT2D eigenvalue weighted by Gasteiger charge is 2.29. The van der Waals surface area contributed by atoms with Crippen molar-refractivity contribution in [3.8, 4) is 11.1 Å². The van der Waals surface area contributed by atoms with Gasteiger partial charge in [0.05, 0.1) is 22.8 Å². The number of benzene rings is 2. The highest BCUT2D eigenvalue weighted by atomic mass is 16.2. The van der Waals surface area contributed by atoms with Gasteiger partial charge in [-0.3, -0.25) is 29.4 Å². The number of hydrogen-bond acceptors (Lipinski definition) is 6. The summed E-state index contributed by atoms with van der Waals surface area (Å²) < 4.78 is 1.90. The van der Waals surface area contributed by atoms with Crippen LogP contribution in [0, 0.1) is 5.92 Å². The quantitative estimate of drug-likeness (QED) is 0.360. The van der Waals surface area contributed by atoms with Gasteiger partial charge in [-0.15, -0.1) is 0 Å². The van der Waals surface area contributed by atoms with Gasteiger partial charge in [0, 0.05) is 48.2 Å². The van der Waals surface area contributed by atoms with Gasteiger partial charge < -0.3 is 10.2 Å². The Morgan fingerprint density at radius 1 is 1.02 bits per heavy atom. The summed E-state index contributed by atoms with van der Waals surface area (Å²) in [6, 6.07) is 11.6. The normalized spacial score (nSPS) is 18.5. The van der Waals surface area contributed by atoms with Crippen LogP contribution in [0.3, 0.4) is 0 Å². The number of imide groups is 1. The zero-order valence-corrected chi connectivity index (χ0v) is 23.1. The lowest BCUT2D eigenvalue weighted by molar-refractivity contribution is -0.134. The molecule has 0 radical (unpaired) electrons. The first-order valence-electron chi connectivity index (χ1n) is 14.1. The number of nitrogens with one attached hydrogen (secondary N) is 2. The van der Waals surface area contributed by atoms with E-state index in [1.807, 2.05) is 30.8 Å². The molecule has 3 amide bonds. The number of pyridine rings is 1. The molecular formula is C31H34N6O3. The Bertz CT molecular complexity index is 1630. The topological polar surface area (TPSA) is 109 Å². The summed E-state index contributed by atoms with van der Waals surface area (Å²) in [5, 5.41) is 11.5. The van der Waals surface area contributed by atoms with Crippen LogP contribution in [0.2, 0.25) is 0 Å². The number of carbonyl (C=O) groups is 3. The number of aromatic nitrogens is 3. The minimum Gasteiger partial charge on any atom is -0.371 e. The average molecular weight is 539 g/mol. The van der Waals surface area contributed by atoms with Crippen molar-refractivity contribution in [1.29, 1.82) is 0 Å². The van der Waals surface area contributed by atoms with E-state index in [1.165, 1.54) is 18.5 Å². The fraction of sp³-hybridized carbons (Fsp3) is 0.387. The molecule has 2 N–H and O–H groups in total. The number of carbonyl (C=O) groups excluding carboxylic acids is 3. The van der Waals surface area contributed by atoms with Crippen LogP contribution < -0.4 is 15.5 Å². The summed E-state index contributed by atoms with van der Waals surface area (Å²) in [6.07, 6.45) is 6.42. The monoisotopic (exact) mass is 538 g/mol. The lowest BCUT2D eigenvalue weighted by Crippen LogP contribution is -2.52. The first-order chi connectivity index (χ1) is 19.3. The lowest BCUT2D eigenvalue weighted by atomic mass is 9.96. The third kappa shape index (κ3) is 4.80. The van der Waals surface area contributed by atoms with Crippen LogP contribution in [-0.4, -0.2) is 51.6 Å². The van der Waals surface area contributed by atoms with Crippen LogP contribution in [0.25, 0.3) is 32.9 Å². The van der Waals surface area contributed by atoms with Crippen LogP contribution in [0.1, 0.15) is 62.9 Å². The number of piperidine rings is 2. The maximum atomic E-state index is 13.5. The number of hydrogen-bond donors (Lipinski definition) is 2. The molecule has 4 heterocycles. The minimum atomic E-state index is -0.759. The van der Waals surface area contributed by atoms with Crippen molar-refractivity contribution in [3.05, 3.63) is 54.4 Å². The molecule has 0 spiro atoms. The molecule has 2 fully saturated rings. The molecule has 4 aromatic rings. The van der Waals surface area contributed by atoms with Gasteiger partial charge in [-0.2, -0.15) is 5.10 Å². The Labute approximate surface area is 232 Å².